The molecule has 0 bridgehead atoms. The van der Waals surface area contributed by atoms with Gasteiger partial charge in [-0.3, -0.25) is 9.78 Å². The summed E-state index contributed by atoms with van der Waals surface area (Å²) in [7, 11) is 0. The Kier molecular flexibility index (Phi) is 5.69. The van der Waals surface area contributed by atoms with Crippen LogP contribution in [0.4, 0.5) is 11.4 Å². The number of nitrogens with zero attached hydrogens (tertiary/aromatic N) is 1. The smallest absolute Gasteiger partial charge is 0.256 e. The van der Waals surface area contributed by atoms with Crippen LogP contribution in [0.3, 0.4) is 0 Å². The van der Waals surface area contributed by atoms with Gasteiger partial charge in [-0.25, -0.2) is 0 Å². The first-order valence-corrected chi connectivity index (χ1v) is 11.4. The predicted molar refractivity (Wildman–Crippen MR) is 133 cm³/mol. The van der Waals surface area contributed by atoms with Crippen molar-refractivity contribution in [2.75, 3.05) is 11.1 Å². The lowest BCUT2D eigenvalue weighted by Gasteiger charge is -2.17. The van der Waals surface area contributed by atoms with Crippen molar-refractivity contribution < 1.29 is 9.53 Å². The SMILES string of the molecule is Cc1cc(N)c2cc(NC(=O)c3ccccc3COc3ccc4c(c3)CCCC4)ccc2n1. The molecule has 1 aliphatic carbocycles. The number of nitrogens with one attached hydrogen (secondary N) is 1. The number of fused-ring (bicyclic) bond motifs is 2. The highest BCUT2D eigenvalue weighted by atomic mass is 16.5. The number of nitrogens with two attached hydrogens (primary N) is 1. The molecule has 0 unspecified atom stereocenters. The number of hydrogen-bond donors (Lipinski definition) is 2. The van der Waals surface area contributed by atoms with Crippen LogP contribution >= 0.6 is 0 Å². The Morgan fingerprint density at radius 3 is 2.70 bits per heavy atom. The number of anilines is 2. The van der Waals surface area contributed by atoms with Crippen LogP contribution in [0.1, 0.15) is 45.6 Å². The van der Waals surface area contributed by atoms with Crippen LogP contribution in [-0.4, -0.2) is 10.9 Å². The fourth-order valence-corrected chi connectivity index (χ4v) is 4.49. The van der Waals surface area contributed by atoms with Crippen molar-refractivity contribution in [1.82, 2.24) is 4.98 Å². The molecule has 0 aliphatic heterocycles. The van der Waals surface area contributed by atoms with Gasteiger partial charge in [0, 0.05) is 33.6 Å². The molecule has 0 saturated carbocycles. The third-order valence-corrected chi connectivity index (χ3v) is 6.20. The summed E-state index contributed by atoms with van der Waals surface area (Å²) in [6.45, 7) is 2.24. The summed E-state index contributed by atoms with van der Waals surface area (Å²) in [6, 6.07) is 21.3. The molecule has 0 spiro atoms. The van der Waals surface area contributed by atoms with Gasteiger partial charge in [0.2, 0.25) is 0 Å². The van der Waals surface area contributed by atoms with Crippen LogP contribution in [0.25, 0.3) is 10.9 Å². The fourth-order valence-electron chi connectivity index (χ4n) is 4.49. The molecule has 0 radical (unpaired) electrons. The van der Waals surface area contributed by atoms with E-state index in [0.29, 0.717) is 23.5 Å². The van der Waals surface area contributed by atoms with Gasteiger partial charge in [0.15, 0.2) is 0 Å². The van der Waals surface area contributed by atoms with Crippen molar-refractivity contribution in [2.24, 2.45) is 0 Å². The first-order valence-electron chi connectivity index (χ1n) is 11.4. The highest BCUT2D eigenvalue weighted by molar-refractivity contribution is 6.06. The predicted octanol–water partition coefficient (Wildman–Crippen LogP) is 5.84. The lowest BCUT2D eigenvalue weighted by Crippen LogP contribution is -2.15. The van der Waals surface area contributed by atoms with Crippen LogP contribution in [0.5, 0.6) is 5.75 Å². The highest BCUT2D eigenvalue weighted by Gasteiger charge is 2.14. The summed E-state index contributed by atoms with van der Waals surface area (Å²) >= 11 is 0. The van der Waals surface area contributed by atoms with Crippen LogP contribution in [-0.2, 0) is 19.4 Å². The van der Waals surface area contributed by atoms with Gasteiger partial charge in [-0.2, -0.15) is 0 Å². The standard InChI is InChI=1S/C28H27N3O2/c1-18-14-26(29)25-16-22(11-13-27(25)30-18)31-28(32)24-9-5-4-8-21(24)17-33-23-12-10-19-6-2-3-7-20(19)15-23/h4-5,8-16H,2-3,6-7,17H2,1H3,(H2,29,30)(H,31,32). The van der Waals surface area contributed by atoms with E-state index in [1.54, 1.807) is 0 Å². The zero-order chi connectivity index (χ0) is 22.8. The van der Waals surface area contributed by atoms with Crippen molar-refractivity contribution >= 4 is 28.2 Å². The summed E-state index contributed by atoms with van der Waals surface area (Å²) in [5.41, 5.74) is 13.4. The molecule has 1 heterocycles. The van der Waals surface area contributed by atoms with Crippen LogP contribution in [0.2, 0.25) is 0 Å². The lowest BCUT2D eigenvalue weighted by atomic mass is 9.92. The molecule has 1 aliphatic rings. The number of amides is 1. The van der Waals surface area contributed by atoms with Gasteiger partial charge < -0.3 is 15.8 Å². The number of benzene rings is 3. The summed E-state index contributed by atoms with van der Waals surface area (Å²) in [5, 5.41) is 3.82. The van der Waals surface area contributed by atoms with Crippen molar-refractivity contribution in [3.05, 3.63) is 94.7 Å². The second kappa shape index (κ2) is 8.94. The molecule has 4 aromatic rings. The van der Waals surface area contributed by atoms with E-state index in [1.807, 2.05) is 61.5 Å². The Hall–Kier alpha value is -3.86. The monoisotopic (exact) mass is 437 g/mol. The minimum atomic E-state index is -0.183. The molecule has 5 rings (SSSR count). The van der Waals surface area contributed by atoms with Crippen molar-refractivity contribution in [2.45, 2.75) is 39.2 Å². The van der Waals surface area contributed by atoms with Gasteiger partial charge in [0.05, 0.1) is 5.52 Å². The second-order valence-corrected chi connectivity index (χ2v) is 8.62. The van der Waals surface area contributed by atoms with Gasteiger partial charge >= 0.3 is 0 Å². The van der Waals surface area contributed by atoms with Crippen molar-refractivity contribution in [3.8, 4) is 5.75 Å². The summed E-state index contributed by atoms with van der Waals surface area (Å²) in [5.74, 6) is 0.663. The van der Waals surface area contributed by atoms with Gasteiger partial charge in [-0.05, 0) is 86.2 Å². The van der Waals surface area contributed by atoms with Gasteiger partial charge in [-0.1, -0.05) is 24.3 Å². The molecular formula is C28H27N3O2. The highest BCUT2D eigenvalue weighted by Crippen LogP contribution is 2.27. The zero-order valence-corrected chi connectivity index (χ0v) is 18.7. The maximum absolute atomic E-state index is 13.1. The molecule has 33 heavy (non-hydrogen) atoms. The molecule has 3 aromatic carbocycles. The van der Waals surface area contributed by atoms with Crippen molar-refractivity contribution in [3.63, 3.8) is 0 Å². The molecule has 1 amide bonds. The third kappa shape index (κ3) is 4.53. The molecule has 166 valence electrons. The maximum atomic E-state index is 13.1. The van der Waals surface area contributed by atoms with E-state index in [4.69, 9.17) is 10.5 Å². The lowest BCUT2D eigenvalue weighted by molar-refractivity contribution is 0.102. The first-order chi connectivity index (χ1) is 16.1. The number of rotatable bonds is 5. The Bertz CT molecular complexity index is 1350. The fraction of sp³-hybridized carbons (Fsp3) is 0.214. The molecule has 0 saturated heterocycles. The normalized spacial score (nSPS) is 12.9. The summed E-state index contributed by atoms with van der Waals surface area (Å²) < 4.78 is 6.08. The number of pyridine rings is 1. The third-order valence-electron chi connectivity index (χ3n) is 6.20. The molecule has 1 aromatic heterocycles. The minimum Gasteiger partial charge on any atom is -0.489 e. The Morgan fingerprint density at radius 1 is 1.00 bits per heavy atom. The minimum absolute atomic E-state index is 0.183. The van der Waals surface area contributed by atoms with Crippen LogP contribution < -0.4 is 15.8 Å². The number of ether oxygens (including phenoxy) is 1. The average molecular weight is 438 g/mol. The van der Waals surface area contributed by atoms with E-state index in [1.165, 1.54) is 24.0 Å². The number of carbonyl (C=O) groups excluding carboxylic acids is 1. The van der Waals surface area contributed by atoms with E-state index in [-0.39, 0.29) is 5.91 Å². The molecule has 5 nitrogen and oxygen atoms in total. The number of hydrogen-bond acceptors (Lipinski definition) is 4. The summed E-state index contributed by atoms with van der Waals surface area (Å²) in [6.07, 6.45) is 4.75. The van der Waals surface area contributed by atoms with E-state index >= 15 is 0 Å². The molecule has 0 fully saturated rings. The molecule has 5 heteroatoms. The summed E-state index contributed by atoms with van der Waals surface area (Å²) in [4.78, 5) is 17.6. The van der Waals surface area contributed by atoms with Crippen LogP contribution in [0.15, 0.2) is 66.7 Å². The maximum Gasteiger partial charge on any atom is 0.256 e. The number of aryl methyl sites for hydroxylation is 3. The van der Waals surface area contributed by atoms with Gasteiger partial charge in [0.1, 0.15) is 12.4 Å². The number of carbonyl (C=O) groups is 1. The Morgan fingerprint density at radius 2 is 1.82 bits per heavy atom. The zero-order valence-electron chi connectivity index (χ0n) is 18.7. The van der Waals surface area contributed by atoms with Gasteiger partial charge in [0.25, 0.3) is 5.91 Å². The van der Waals surface area contributed by atoms with E-state index in [0.717, 1.165) is 40.8 Å². The Balaban J connectivity index is 1.33. The van der Waals surface area contributed by atoms with Crippen LogP contribution in [0, 0.1) is 6.92 Å². The molecular weight excluding hydrogens is 410 g/mol. The number of aromatic nitrogens is 1. The second-order valence-electron chi connectivity index (χ2n) is 8.62. The molecule has 0 atom stereocenters. The van der Waals surface area contributed by atoms with Crippen molar-refractivity contribution in [1.29, 1.82) is 0 Å². The first kappa shape index (κ1) is 21.0. The number of nitrogen functional groups attached to an aromatic ring is 1. The topological polar surface area (TPSA) is 77.2 Å². The van der Waals surface area contributed by atoms with E-state index < -0.39 is 0 Å². The average Bonchev–Trinajstić information content (AvgIpc) is 2.83. The quantitative estimate of drug-likeness (QED) is 0.411. The van der Waals surface area contributed by atoms with E-state index in [2.05, 4.69) is 22.4 Å². The Labute approximate surface area is 193 Å². The largest absolute Gasteiger partial charge is 0.489 e. The van der Waals surface area contributed by atoms with E-state index in [9.17, 15) is 4.79 Å². The molecule has 3 N–H and O–H groups in total. The van der Waals surface area contributed by atoms with Gasteiger partial charge in [-0.15, -0.1) is 0 Å².